The van der Waals surface area contributed by atoms with Crippen molar-refractivity contribution in [3.8, 4) is 11.3 Å². The first kappa shape index (κ1) is 29.1. The highest BCUT2D eigenvalue weighted by Gasteiger charge is 2.23. The molecule has 0 aliphatic carbocycles. The topological polar surface area (TPSA) is 165 Å². The number of carbonyl (C=O) groups excluding carboxylic acids is 2. The van der Waals surface area contributed by atoms with Gasteiger partial charge >= 0.3 is 5.69 Å². The summed E-state index contributed by atoms with van der Waals surface area (Å²) < 4.78 is 27.9. The smallest absolute Gasteiger partial charge is 0.317 e. The van der Waals surface area contributed by atoms with Gasteiger partial charge in [0.25, 0.3) is 20.9 Å². The normalized spacial score (nSPS) is 13.3. The van der Waals surface area contributed by atoms with Gasteiger partial charge in [-0.25, -0.2) is 23.6 Å². The van der Waals surface area contributed by atoms with Gasteiger partial charge in [-0.3, -0.25) is 14.3 Å². The number of benzene rings is 3. The van der Waals surface area contributed by atoms with Crippen LogP contribution in [-0.2, 0) is 14.8 Å². The Balaban J connectivity index is 1.22. The lowest BCUT2D eigenvalue weighted by atomic mass is 10.1. The van der Waals surface area contributed by atoms with Crippen molar-refractivity contribution in [1.82, 2.24) is 19.8 Å². The van der Waals surface area contributed by atoms with Crippen molar-refractivity contribution in [2.75, 3.05) is 36.2 Å². The molecule has 0 atom stereocenters. The number of amides is 2. The molecule has 3 N–H and O–H groups in total. The predicted octanol–water partition coefficient (Wildman–Crippen LogP) is 3.79. The molecule has 1 aliphatic rings. The van der Waals surface area contributed by atoms with Crippen LogP contribution in [0, 0.1) is 4.91 Å². The van der Waals surface area contributed by atoms with E-state index in [4.69, 9.17) is 5.21 Å². The molecule has 0 unspecified atom stereocenters. The van der Waals surface area contributed by atoms with E-state index >= 15 is 0 Å². The van der Waals surface area contributed by atoms with Crippen LogP contribution in [-0.4, -0.2) is 76.3 Å². The lowest BCUT2D eigenvalue weighted by molar-refractivity contribution is -0.729. The van der Waals surface area contributed by atoms with E-state index in [0.29, 0.717) is 60.3 Å². The molecule has 220 valence electrons. The third kappa shape index (κ3) is 6.93. The Kier molecular flexibility index (Phi) is 8.29. The highest BCUT2D eigenvalue weighted by atomic mass is 32.2. The number of piperazine rings is 1. The van der Waals surface area contributed by atoms with Crippen molar-refractivity contribution < 1.29 is 28.1 Å². The molecule has 0 saturated carbocycles. The fourth-order valence-electron chi connectivity index (χ4n) is 4.50. The number of hydrogen-bond donors (Lipinski definition) is 3. The Hall–Kier alpha value is -5.37. The van der Waals surface area contributed by atoms with E-state index < -0.39 is 14.9 Å². The summed E-state index contributed by atoms with van der Waals surface area (Å²) in [6.07, 6.45) is 1.59. The Morgan fingerprint density at radius 1 is 0.884 bits per heavy atom. The van der Waals surface area contributed by atoms with Crippen LogP contribution in [0.15, 0.2) is 90.0 Å². The lowest BCUT2D eigenvalue weighted by Gasteiger charge is -2.34. The van der Waals surface area contributed by atoms with Gasteiger partial charge in [-0.1, -0.05) is 18.2 Å². The van der Waals surface area contributed by atoms with Crippen LogP contribution in [0.3, 0.4) is 0 Å². The van der Waals surface area contributed by atoms with Crippen molar-refractivity contribution in [3.63, 3.8) is 0 Å². The highest BCUT2D eigenvalue weighted by molar-refractivity contribution is 7.92. The second kappa shape index (κ2) is 12.2. The van der Waals surface area contributed by atoms with Crippen LogP contribution < -0.4 is 10.0 Å². The molecule has 1 saturated heterocycles. The monoisotopic (exact) mass is 602 g/mol. The molecule has 14 heteroatoms. The Morgan fingerprint density at radius 2 is 1.53 bits per heavy atom. The minimum Gasteiger partial charge on any atom is -0.339 e. The first-order chi connectivity index (χ1) is 20.6. The zero-order chi connectivity index (χ0) is 30.6. The van der Waals surface area contributed by atoms with Gasteiger partial charge in [0, 0.05) is 73.9 Å². The van der Waals surface area contributed by atoms with Crippen LogP contribution in [0.25, 0.3) is 11.3 Å². The van der Waals surface area contributed by atoms with Crippen molar-refractivity contribution in [1.29, 1.82) is 0 Å². The first-order valence-electron chi connectivity index (χ1n) is 13.2. The fourth-order valence-corrected chi connectivity index (χ4v) is 5.60. The summed E-state index contributed by atoms with van der Waals surface area (Å²) in [5.74, 6) is 0.250. The summed E-state index contributed by atoms with van der Waals surface area (Å²) >= 11 is 0. The molecule has 4 aromatic rings. The first-order valence-corrected chi connectivity index (χ1v) is 14.7. The molecule has 43 heavy (non-hydrogen) atoms. The van der Waals surface area contributed by atoms with E-state index in [1.165, 1.54) is 25.1 Å². The van der Waals surface area contributed by atoms with E-state index in [0.717, 1.165) is 6.07 Å². The van der Waals surface area contributed by atoms with Gasteiger partial charge in [0.1, 0.15) is 0 Å². The largest absolute Gasteiger partial charge is 0.339 e. The summed E-state index contributed by atoms with van der Waals surface area (Å²) in [7, 11) is -4.01. The molecule has 1 fully saturated rings. The average molecular weight is 603 g/mol. The minimum atomic E-state index is -4.01. The number of nitrogens with zero attached hydrogens (tertiary/aromatic N) is 5. The van der Waals surface area contributed by atoms with Crippen LogP contribution in [0.4, 0.5) is 23.0 Å². The van der Waals surface area contributed by atoms with E-state index in [9.17, 15) is 22.9 Å². The standard InChI is InChI=1S/C29H27N7O6S/c1-20(37)34-15-17-35(18-16-34)28(38)22-7-9-23(10-8-22)31-29-30-14-13-27(32-29)21-5-11-24(12-6-21)33-43(41,42)26-4-2-3-25(19-26)36(39)40/h2-14,19H,15-18H2,1H3,(H2-,30,31,32,33,38,39,40)/p+1. The molecule has 2 amide bonds. The van der Waals surface area contributed by atoms with Gasteiger partial charge in [0.05, 0.1) is 15.5 Å². The molecule has 3 aromatic carbocycles. The predicted molar refractivity (Wildman–Crippen MR) is 158 cm³/mol. The van der Waals surface area contributed by atoms with E-state index in [-0.39, 0.29) is 22.4 Å². The zero-order valence-electron chi connectivity index (χ0n) is 23.0. The molecule has 0 spiro atoms. The molecule has 1 aromatic heterocycles. The van der Waals surface area contributed by atoms with E-state index in [1.54, 1.807) is 70.6 Å². The van der Waals surface area contributed by atoms with E-state index in [1.807, 2.05) is 0 Å². The molecular weight excluding hydrogens is 574 g/mol. The quantitative estimate of drug-likeness (QED) is 0.255. The third-order valence-corrected chi connectivity index (χ3v) is 8.22. The number of carbonyl (C=O) groups is 2. The fraction of sp³-hybridized carbons (Fsp3) is 0.172. The lowest BCUT2D eigenvalue weighted by Crippen LogP contribution is -2.50. The van der Waals surface area contributed by atoms with Crippen LogP contribution in [0.1, 0.15) is 17.3 Å². The summed E-state index contributed by atoms with van der Waals surface area (Å²) in [4.78, 5) is 47.2. The Bertz CT molecular complexity index is 1770. The SMILES string of the molecule is CC(=O)N1CCN(C(=O)c2ccc(Nc3nccc(-c4ccc(NS(=O)(=O)c5cccc([N+](=O)O)c5)cc4)n3)cc2)CC1. The molecule has 13 nitrogen and oxygen atoms in total. The zero-order valence-corrected chi connectivity index (χ0v) is 23.9. The van der Waals surface area contributed by atoms with Gasteiger partial charge in [-0.15, -0.1) is 0 Å². The molecule has 0 radical (unpaired) electrons. The maximum atomic E-state index is 12.9. The maximum Gasteiger partial charge on any atom is 0.317 e. The molecule has 2 heterocycles. The molecule has 0 bridgehead atoms. The van der Waals surface area contributed by atoms with Gasteiger partial charge in [0.2, 0.25) is 11.9 Å². The van der Waals surface area contributed by atoms with Crippen molar-refractivity contribution in [2.45, 2.75) is 11.8 Å². The number of hydrogen-bond acceptors (Lipinski definition) is 8. The van der Waals surface area contributed by atoms with Gasteiger partial charge in [0.15, 0.2) is 0 Å². The van der Waals surface area contributed by atoms with Crippen molar-refractivity contribution in [2.24, 2.45) is 0 Å². The Morgan fingerprint density at radius 3 is 2.19 bits per heavy atom. The second-order valence-corrected chi connectivity index (χ2v) is 11.4. The summed E-state index contributed by atoms with van der Waals surface area (Å²) in [6.45, 7) is 3.56. The maximum absolute atomic E-state index is 12.9. The highest BCUT2D eigenvalue weighted by Crippen LogP contribution is 2.24. The van der Waals surface area contributed by atoms with Crippen LogP contribution in [0.2, 0.25) is 0 Å². The number of nitrogens with one attached hydrogen (secondary N) is 2. The van der Waals surface area contributed by atoms with Gasteiger partial charge in [-0.05, 0) is 48.5 Å². The summed E-state index contributed by atoms with van der Waals surface area (Å²) in [6, 6.07) is 20.2. The van der Waals surface area contributed by atoms with Gasteiger partial charge in [-0.2, -0.15) is 0 Å². The number of anilines is 3. The molecule has 5 rings (SSSR count). The number of sulfonamides is 1. The van der Waals surface area contributed by atoms with Gasteiger partial charge < -0.3 is 15.1 Å². The minimum absolute atomic E-state index is 0.00970. The summed E-state index contributed by atoms with van der Waals surface area (Å²) in [5, 5.41) is 12.2. The third-order valence-electron chi connectivity index (χ3n) is 6.84. The number of rotatable bonds is 8. The molecular formula is C29H28N7O6S+. The second-order valence-electron chi connectivity index (χ2n) is 9.72. The number of aromatic nitrogens is 2. The van der Waals surface area contributed by atoms with Crippen LogP contribution in [0.5, 0.6) is 0 Å². The van der Waals surface area contributed by atoms with Crippen molar-refractivity contribution >= 4 is 44.8 Å². The Labute approximate surface area is 247 Å². The summed E-state index contributed by atoms with van der Waals surface area (Å²) in [5.41, 5.74) is 2.61. The van der Waals surface area contributed by atoms with Crippen molar-refractivity contribution in [3.05, 3.63) is 95.5 Å². The average Bonchev–Trinajstić information content (AvgIpc) is 3.01. The van der Waals surface area contributed by atoms with E-state index in [2.05, 4.69) is 20.0 Å². The van der Waals surface area contributed by atoms with Crippen LogP contribution >= 0.6 is 0 Å². The molecule has 1 aliphatic heterocycles.